The predicted octanol–water partition coefficient (Wildman–Crippen LogP) is 3.88. The van der Waals surface area contributed by atoms with Crippen LogP contribution in [0.3, 0.4) is 0 Å². The molecule has 13 nitrogen and oxygen atoms in total. The van der Waals surface area contributed by atoms with Gasteiger partial charge in [0, 0.05) is 6.42 Å². The van der Waals surface area contributed by atoms with Crippen LogP contribution in [0.4, 0.5) is 4.39 Å². The zero-order valence-electron chi connectivity index (χ0n) is 27.5. The Morgan fingerprint density at radius 2 is 1.34 bits per heavy atom. The number of hydrogen-bond acceptors (Lipinski definition) is 9. The molecule has 0 aliphatic carbocycles. The molecule has 1 aliphatic heterocycles. The van der Waals surface area contributed by atoms with Gasteiger partial charge in [0.2, 0.25) is 5.82 Å². The molecule has 6 atom stereocenters. The molecule has 0 saturated carbocycles. The average molecular weight is 671 g/mol. The van der Waals surface area contributed by atoms with Gasteiger partial charge in [-0.3, -0.25) is 33.5 Å². The first-order valence-corrected chi connectivity index (χ1v) is 16.9. The van der Waals surface area contributed by atoms with Crippen LogP contribution in [0.25, 0.3) is 0 Å². The Bertz CT molecular complexity index is 1310. The number of halogens is 1. The molecule has 0 spiro atoms. The molecule has 3 unspecified atom stereocenters. The lowest BCUT2D eigenvalue weighted by atomic mass is 9.77. The lowest BCUT2D eigenvalue weighted by Crippen LogP contribution is -2.57. The van der Waals surface area contributed by atoms with Gasteiger partial charge in [-0.1, -0.05) is 104 Å². The Kier molecular flexibility index (Phi) is 16.6. The summed E-state index contributed by atoms with van der Waals surface area (Å²) in [6.07, 6.45) is 4.67. The smallest absolute Gasteiger partial charge is 0.330 e. The van der Waals surface area contributed by atoms with Gasteiger partial charge in [-0.15, -0.1) is 0 Å². The highest BCUT2D eigenvalue weighted by Crippen LogP contribution is 2.41. The van der Waals surface area contributed by atoms with Gasteiger partial charge in [0.15, 0.2) is 17.2 Å². The van der Waals surface area contributed by atoms with E-state index in [1.807, 2.05) is 0 Å². The van der Waals surface area contributed by atoms with E-state index in [1.54, 1.807) is 4.98 Å². The maximum absolute atomic E-state index is 14.1. The Morgan fingerprint density at radius 1 is 0.872 bits per heavy atom. The largest absolute Gasteiger partial charge is 0.481 e. The van der Waals surface area contributed by atoms with Crippen molar-refractivity contribution in [2.24, 2.45) is 11.8 Å². The Labute approximate surface area is 273 Å². The van der Waals surface area contributed by atoms with Crippen molar-refractivity contribution in [3.8, 4) is 0 Å². The summed E-state index contributed by atoms with van der Waals surface area (Å²) in [6.45, 7) is 4.15. The fraction of sp³-hybridized carbons (Fsp3) is 0.758. The van der Waals surface area contributed by atoms with Crippen molar-refractivity contribution in [3.05, 3.63) is 32.9 Å². The van der Waals surface area contributed by atoms with Crippen LogP contribution in [0.15, 0.2) is 15.8 Å². The molecule has 1 aromatic rings. The summed E-state index contributed by atoms with van der Waals surface area (Å²) in [5.41, 5.74) is -5.44. The molecular weight excluding hydrogens is 619 g/mol. The minimum Gasteiger partial charge on any atom is -0.481 e. The van der Waals surface area contributed by atoms with Gasteiger partial charge >= 0.3 is 17.6 Å². The normalized spacial score (nSPS) is 21.3. The predicted molar refractivity (Wildman–Crippen MR) is 168 cm³/mol. The van der Waals surface area contributed by atoms with E-state index in [0.29, 0.717) is 36.4 Å². The second-order valence-corrected chi connectivity index (χ2v) is 12.6. The monoisotopic (exact) mass is 670 g/mol. The zero-order chi connectivity index (χ0) is 35.1. The van der Waals surface area contributed by atoms with Crippen LogP contribution in [0.1, 0.15) is 129 Å². The topological polar surface area (TPSA) is 213 Å². The summed E-state index contributed by atoms with van der Waals surface area (Å²) in [5, 5.41) is 42.7. The Hall–Kier alpha value is -3.23. The second kappa shape index (κ2) is 19.6. The van der Waals surface area contributed by atoms with Crippen molar-refractivity contribution in [3.63, 3.8) is 0 Å². The van der Waals surface area contributed by atoms with Gasteiger partial charge in [0.1, 0.15) is 30.3 Å². The SMILES string of the molecule is CCCCCCCCCC(C(=O)O)C(=O)C(O)[C@H]1O[C@@H](n2cc(F)c(=O)[nH]c2=O)C[C@@]1(O)C(=O)C(CCCCCCCCC)C(=O)O. The number of nitrogens with zero attached hydrogens (tertiary/aromatic N) is 1. The van der Waals surface area contributed by atoms with Crippen molar-refractivity contribution < 1.29 is 48.7 Å². The summed E-state index contributed by atoms with van der Waals surface area (Å²) in [7, 11) is 0. The maximum Gasteiger partial charge on any atom is 0.330 e. The number of nitrogens with one attached hydrogen (secondary N) is 1. The van der Waals surface area contributed by atoms with Gasteiger partial charge in [0.05, 0.1) is 6.20 Å². The van der Waals surface area contributed by atoms with E-state index in [2.05, 4.69) is 13.8 Å². The van der Waals surface area contributed by atoms with Crippen molar-refractivity contribution in [2.75, 3.05) is 0 Å². The molecule has 1 aliphatic rings. The number of ketones is 2. The van der Waals surface area contributed by atoms with E-state index in [-0.39, 0.29) is 12.8 Å². The van der Waals surface area contributed by atoms with Crippen LogP contribution < -0.4 is 11.2 Å². The standard InChI is InChI=1S/C33H51FN2O11/c1-3-5-7-9-11-13-15-17-21(30(41)42)25(37)26(38)28-33(46,19-24(47-28)36-20-23(34)29(40)35-32(36)45)27(39)22(31(43)44)18-16-14-12-10-8-6-4-2/h20-22,24,26,28,38,46H,3-19H2,1-2H3,(H,41,42)(H,43,44)(H,35,40,45)/t21?,22?,24-,26?,28-,33-/m1/s1. The number of unbranched alkanes of at least 4 members (excludes halogenated alkanes) is 12. The lowest BCUT2D eigenvalue weighted by molar-refractivity contribution is -0.169. The van der Waals surface area contributed by atoms with E-state index in [4.69, 9.17) is 4.74 Å². The number of carboxylic acid groups (broad SMARTS) is 2. The van der Waals surface area contributed by atoms with Gasteiger partial charge in [-0.2, -0.15) is 4.39 Å². The summed E-state index contributed by atoms with van der Waals surface area (Å²) in [4.78, 5) is 77.3. The number of aliphatic carboxylic acids is 2. The molecule has 5 N–H and O–H groups in total. The number of ether oxygens (including phenoxy) is 1. The second-order valence-electron chi connectivity index (χ2n) is 12.6. The highest BCUT2D eigenvalue weighted by Gasteiger charge is 2.60. The number of Topliss-reactive ketones (excluding diaryl/α,β-unsaturated/α-hetero) is 2. The molecule has 0 bridgehead atoms. The first-order valence-electron chi connectivity index (χ1n) is 16.9. The lowest BCUT2D eigenvalue weighted by Gasteiger charge is -2.32. The molecule has 1 aromatic heterocycles. The van der Waals surface area contributed by atoms with E-state index in [0.717, 1.165) is 64.2 Å². The first-order chi connectivity index (χ1) is 22.3. The third-order valence-corrected chi connectivity index (χ3v) is 8.95. The fourth-order valence-electron chi connectivity index (χ4n) is 6.15. The molecule has 1 fully saturated rings. The molecule has 0 amide bonds. The van der Waals surface area contributed by atoms with Crippen molar-refractivity contribution >= 4 is 23.5 Å². The van der Waals surface area contributed by atoms with E-state index in [9.17, 15) is 53.6 Å². The summed E-state index contributed by atoms with van der Waals surface area (Å²) in [5.74, 6) is -10.6. The van der Waals surface area contributed by atoms with Crippen molar-refractivity contribution in [1.82, 2.24) is 9.55 Å². The van der Waals surface area contributed by atoms with Crippen LogP contribution >= 0.6 is 0 Å². The molecule has 47 heavy (non-hydrogen) atoms. The number of aliphatic hydroxyl groups is 2. The molecule has 0 aromatic carbocycles. The molecular formula is C33H51FN2O11. The van der Waals surface area contributed by atoms with Crippen LogP contribution in [-0.2, 0) is 23.9 Å². The zero-order valence-corrected chi connectivity index (χ0v) is 27.5. The number of carbonyl (C=O) groups excluding carboxylic acids is 2. The summed E-state index contributed by atoms with van der Waals surface area (Å²) < 4.78 is 20.3. The fourth-order valence-corrected chi connectivity index (χ4v) is 6.15. The number of carboxylic acids is 2. The highest BCUT2D eigenvalue weighted by atomic mass is 19.1. The molecule has 0 radical (unpaired) electrons. The van der Waals surface area contributed by atoms with Crippen LogP contribution in [0.2, 0.25) is 0 Å². The molecule has 266 valence electrons. The third-order valence-electron chi connectivity index (χ3n) is 8.95. The quantitative estimate of drug-likeness (QED) is 0.0786. The van der Waals surface area contributed by atoms with Crippen molar-refractivity contribution in [1.29, 1.82) is 0 Å². The molecule has 1 saturated heterocycles. The molecule has 2 rings (SSSR count). The third kappa shape index (κ3) is 11.2. The van der Waals surface area contributed by atoms with Gasteiger partial charge in [0.25, 0.3) is 5.56 Å². The molecule has 14 heteroatoms. The maximum atomic E-state index is 14.1. The van der Waals surface area contributed by atoms with Gasteiger partial charge < -0.3 is 25.2 Å². The number of carbonyl (C=O) groups is 4. The minimum atomic E-state index is -2.89. The van der Waals surface area contributed by atoms with Crippen LogP contribution in [0, 0.1) is 17.7 Å². The Morgan fingerprint density at radius 3 is 1.83 bits per heavy atom. The van der Waals surface area contributed by atoms with E-state index >= 15 is 0 Å². The Balaban J connectivity index is 2.34. The van der Waals surface area contributed by atoms with Crippen molar-refractivity contribution in [2.45, 2.75) is 147 Å². The number of aliphatic hydroxyl groups excluding tert-OH is 1. The minimum absolute atomic E-state index is 0.137. The number of aromatic amines is 1. The first kappa shape index (κ1) is 39.9. The summed E-state index contributed by atoms with van der Waals surface area (Å²) in [6, 6.07) is 0. The van der Waals surface area contributed by atoms with E-state index < -0.39 is 82.9 Å². The van der Waals surface area contributed by atoms with Gasteiger partial charge in [-0.05, 0) is 12.8 Å². The van der Waals surface area contributed by atoms with Crippen LogP contribution in [0.5, 0.6) is 0 Å². The van der Waals surface area contributed by atoms with Gasteiger partial charge in [-0.25, -0.2) is 4.79 Å². The van der Waals surface area contributed by atoms with Crippen LogP contribution in [-0.4, -0.2) is 71.3 Å². The number of hydrogen-bond donors (Lipinski definition) is 5. The number of aromatic nitrogens is 2. The number of rotatable bonds is 24. The van der Waals surface area contributed by atoms with E-state index in [1.165, 1.54) is 0 Å². The number of H-pyrrole nitrogens is 1. The average Bonchev–Trinajstić information content (AvgIpc) is 3.38. The highest BCUT2D eigenvalue weighted by molar-refractivity contribution is 6.05. The summed E-state index contributed by atoms with van der Waals surface area (Å²) >= 11 is 0. The molecule has 2 heterocycles.